The lowest BCUT2D eigenvalue weighted by Gasteiger charge is -2.30. The number of hydrogen-bond acceptors (Lipinski definition) is 2. The Labute approximate surface area is 103 Å². The maximum atomic E-state index is 13.5. The second-order valence-corrected chi connectivity index (χ2v) is 4.71. The standard InChI is InChI=1S/C14H21FN2/c1-3-17(4-2)10-11-8-12-6-5-7-13(15)14(12)16-9-11/h5-7,11,16H,3-4,8-10H2,1-2H3. The third-order valence-electron chi connectivity index (χ3n) is 3.59. The molecule has 1 unspecified atom stereocenters. The number of anilines is 1. The Morgan fingerprint density at radius 2 is 2.12 bits per heavy atom. The molecule has 1 N–H and O–H groups in total. The van der Waals surface area contributed by atoms with E-state index in [0.29, 0.717) is 11.6 Å². The van der Waals surface area contributed by atoms with Crippen LogP contribution in [0.5, 0.6) is 0 Å². The fourth-order valence-electron chi connectivity index (χ4n) is 2.54. The van der Waals surface area contributed by atoms with Gasteiger partial charge in [0.1, 0.15) is 5.82 Å². The van der Waals surface area contributed by atoms with E-state index in [1.165, 1.54) is 6.07 Å². The van der Waals surface area contributed by atoms with E-state index in [-0.39, 0.29) is 5.82 Å². The van der Waals surface area contributed by atoms with Gasteiger partial charge in [-0.1, -0.05) is 26.0 Å². The summed E-state index contributed by atoms with van der Waals surface area (Å²) in [5.74, 6) is 0.466. The molecule has 0 spiro atoms. The molecule has 2 rings (SSSR count). The molecule has 0 fully saturated rings. The van der Waals surface area contributed by atoms with Gasteiger partial charge in [-0.2, -0.15) is 0 Å². The zero-order valence-electron chi connectivity index (χ0n) is 10.7. The topological polar surface area (TPSA) is 15.3 Å². The first kappa shape index (κ1) is 12.4. The van der Waals surface area contributed by atoms with Gasteiger partial charge in [0.25, 0.3) is 0 Å². The van der Waals surface area contributed by atoms with E-state index in [0.717, 1.165) is 38.2 Å². The molecular weight excluding hydrogens is 215 g/mol. The Kier molecular flexibility index (Phi) is 4.00. The molecule has 0 bridgehead atoms. The summed E-state index contributed by atoms with van der Waals surface area (Å²) in [5.41, 5.74) is 1.83. The lowest BCUT2D eigenvalue weighted by Crippen LogP contribution is -2.35. The highest BCUT2D eigenvalue weighted by molar-refractivity contribution is 5.54. The maximum absolute atomic E-state index is 13.5. The summed E-state index contributed by atoms with van der Waals surface area (Å²) in [6, 6.07) is 5.35. The fraction of sp³-hybridized carbons (Fsp3) is 0.571. The first-order valence-corrected chi connectivity index (χ1v) is 6.48. The Morgan fingerprint density at radius 3 is 2.82 bits per heavy atom. The van der Waals surface area contributed by atoms with Crippen molar-refractivity contribution in [2.75, 3.05) is 31.5 Å². The Bertz CT molecular complexity index is 374. The van der Waals surface area contributed by atoms with Gasteiger partial charge in [-0.15, -0.1) is 0 Å². The van der Waals surface area contributed by atoms with Crippen molar-refractivity contribution < 1.29 is 4.39 Å². The van der Waals surface area contributed by atoms with Crippen molar-refractivity contribution in [2.24, 2.45) is 5.92 Å². The smallest absolute Gasteiger partial charge is 0.146 e. The van der Waals surface area contributed by atoms with Gasteiger partial charge in [0.15, 0.2) is 0 Å². The second-order valence-electron chi connectivity index (χ2n) is 4.71. The molecule has 1 heterocycles. The highest BCUT2D eigenvalue weighted by atomic mass is 19.1. The Balaban J connectivity index is 2.03. The molecule has 94 valence electrons. The summed E-state index contributed by atoms with van der Waals surface area (Å²) in [5, 5.41) is 3.23. The average molecular weight is 236 g/mol. The van der Waals surface area contributed by atoms with E-state index in [9.17, 15) is 4.39 Å². The first-order valence-electron chi connectivity index (χ1n) is 6.48. The van der Waals surface area contributed by atoms with E-state index in [4.69, 9.17) is 0 Å². The number of para-hydroxylation sites is 1. The van der Waals surface area contributed by atoms with Crippen LogP contribution in [0.25, 0.3) is 0 Å². The van der Waals surface area contributed by atoms with Crippen molar-refractivity contribution in [3.63, 3.8) is 0 Å². The van der Waals surface area contributed by atoms with Crippen LogP contribution < -0.4 is 5.32 Å². The second kappa shape index (κ2) is 5.50. The van der Waals surface area contributed by atoms with E-state index in [1.807, 2.05) is 6.07 Å². The fourth-order valence-corrected chi connectivity index (χ4v) is 2.54. The quantitative estimate of drug-likeness (QED) is 0.864. The van der Waals surface area contributed by atoms with Gasteiger partial charge in [-0.25, -0.2) is 4.39 Å². The SMILES string of the molecule is CCN(CC)CC1CNc2c(F)cccc2C1. The predicted molar refractivity (Wildman–Crippen MR) is 69.9 cm³/mol. The van der Waals surface area contributed by atoms with E-state index >= 15 is 0 Å². The van der Waals surface area contributed by atoms with Gasteiger partial charge in [-0.05, 0) is 37.1 Å². The molecule has 17 heavy (non-hydrogen) atoms. The predicted octanol–water partition coefficient (Wildman–Crippen LogP) is 2.75. The number of benzene rings is 1. The van der Waals surface area contributed by atoms with E-state index in [2.05, 4.69) is 24.1 Å². The maximum Gasteiger partial charge on any atom is 0.146 e. The van der Waals surface area contributed by atoms with Crippen LogP contribution in [0, 0.1) is 11.7 Å². The summed E-state index contributed by atoms with van der Waals surface area (Å²) < 4.78 is 13.5. The molecule has 0 aromatic heterocycles. The minimum atomic E-state index is -0.121. The van der Waals surface area contributed by atoms with Crippen molar-refractivity contribution in [3.8, 4) is 0 Å². The van der Waals surface area contributed by atoms with E-state index in [1.54, 1.807) is 6.07 Å². The number of rotatable bonds is 4. The monoisotopic (exact) mass is 236 g/mol. The molecule has 0 amide bonds. The van der Waals surface area contributed by atoms with Crippen molar-refractivity contribution >= 4 is 5.69 Å². The normalized spacial score (nSPS) is 18.9. The number of fused-ring (bicyclic) bond motifs is 1. The first-order chi connectivity index (χ1) is 8.24. The molecule has 0 radical (unpaired) electrons. The highest BCUT2D eigenvalue weighted by Crippen LogP contribution is 2.27. The van der Waals surface area contributed by atoms with Crippen LogP contribution in [0.1, 0.15) is 19.4 Å². The summed E-state index contributed by atoms with van der Waals surface area (Å²) in [6.45, 7) is 8.52. The molecule has 0 saturated heterocycles. The third-order valence-corrected chi connectivity index (χ3v) is 3.59. The lowest BCUT2D eigenvalue weighted by atomic mass is 9.93. The zero-order chi connectivity index (χ0) is 12.3. The van der Waals surface area contributed by atoms with Gasteiger partial charge in [0, 0.05) is 13.1 Å². The summed E-state index contributed by atoms with van der Waals surface area (Å²) in [7, 11) is 0. The molecule has 0 saturated carbocycles. The summed E-state index contributed by atoms with van der Waals surface area (Å²) in [6.07, 6.45) is 0.983. The summed E-state index contributed by atoms with van der Waals surface area (Å²) in [4.78, 5) is 2.43. The average Bonchev–Trinajstić information content (AvgIpc) is 2.36. The Hall–Kier alpha value is -1.09. The van der Waals surface area contributed by atoms with Gasteiger partial charge in [-0.3, -0.25) is 0 Å². The lowest BCUT2D eigenvalue weighted by molar-refractivity contribution is 0.254. The van der Waals surface area contributed by atoms with Crippen molar-refractivity contribution in [1.82, 2.24) is 4.90 Å². The number of hydrogen-bond donors (Lipinski definition) is 1. The number of halogens is 1. The van der Waals surface area contributed by atoms with Gasteiger partial charge in [0.2, 0.25) is 0 Å². The van der Waals surface area contributed by atoms with Crippen molar-refractivity contribution in [3.05, 3.63) is 29.6 Å². The van der Waals surface area contributed by atoms with Crippen LogP contribution in [-0.4, -0.2) is 31.1 Å². The van der Waals surface area contributed by atoms with Crippen LogP contribution in [0.3, 0.4) is 0 Å². The van der Waals surface area contributed by atoms with Crippen molar-refractivity contribution in [2.45, 2.75) is 20.3 Å². The highest BCUT2D eigenvalue weighted by Gasteiger charge is 2.21. The molecular formula is C14H21FN2. The summed E-state index contributed by atoms with van der Waals surface area (Å²) >= 11 is 0. The third kappa shape index (κ3) is 2.78. The van der Waals surface area contributed by atoms with Crippen LogP contribution >= 0.6 is 0 Å². The minimum absolute atomic E-state index is 0.121. The van der Waals surface area contributed by atoms with E-state index < -0.39 is 0 Å². The molecule has 1 aliphatic heterocycles. The van der Waals surface area contributed by atoms with Gasteiger partial charge < -0.3 is 10.2 Å². The van der Waals surface area contributed by atoms with Crippen LogP contribution in [0.4, 0.5) is 10.1 Å². The molecule has 2 nitrogen and oxygen atoms in total. The molecule has 0 aliphatic carbocycles. The largest absolute Gasteiger partial charge is 0.382 e. The molecule has 1 atom stereocenters. The van der Waals surface area contributed by atoms with Crippen LogP contribution in [0.2, 0.25) is 0 Å². The molecule has 1 aromatic carbocycles. The molecule has 1 aromatic rings. The Morgan fingerprint density at radius 1 is 1.35 bits per heavy atom. The van der Waals surface area contributed by atoms with Gasteiger partial charge >= 0.3 is 0 Å². The number of nitrogens with one attached hydrogen (secondary N) is 1. The minimum Gasteiger partial charge on any atom is -0.382 e. The molecule has 3 heteroatoms. The number of nitrogens with zero attached hydrogens (tertiary/aromatic N) is 1. The zero-order valence-corrected chi connectivity index (χ0v) is 10.7. The van der Waals surface area contributed by atoms with Crippen LogP contribution in [0.15, 0.2) is 18.2 Å². The van der Waals surface area contributed by atoms with Crippen LogP contribution in [-0.2, 0) is 6.42 Å². The van der Waals surface area contributed by atoms with Gasteiger partial charge in [0.05, 0.1) is 5.69 Å². The van der Waals surface area contributed by atoms with Crippen molar-refractivity contribution in [1.29, 1.82) is 0 Å². The molecule has 1 aliphatic rings.